The van der Waals surface area contributed by atoms with Gasteiger partial charge in [0, 0.05) is 5.69 Å². The van der Waals surface area contributed by atoms with Crippen LogP contribution >= 0.6 is 12.4 Å². The molecule has 0 atom stereocenters. The van der Waals surface area contributed by atoms with Gasteiger partial charge in [-0.15, -0.1) is 12.4 Å². The van der Waals surface area contributed by atoms with E-state index in [2.05, 4.69) is 19.2 Å². The molecule has 0 aromatic heterocycles. The maximum absolute atomic E-state index is 12.0. The van der Waals surface area contributed by atoms with Crippen molar-refractivity contribution in [3.63, 3.8) is 0 Å². The predicted octanol–water partition coefficient (Wildman–Crippen LogP) is 3.84. The fourth-order valence-corrected chi connectivity index (χ4v) is 2.12. The molecule has 130 valence electrons. The molecule has 0 unspecified atom stereocenters. The molecule has 0 radical (unpaired) electrons. The minimum absolute atomic E-state index is 0. The van der Waals surface area contributed by atoms with E-state index in [1.54, 1.807) is 25.3 Å². The number of carbonyl (C=O) groups excluding carboxylic acids is 1. The zero-order valence-corrected chi connectivity index (χ0v) is 14.9. The van der Waals surface area contributed by atoms with Crippen molar-refractivity contribution < 1.29 is 14.3 Å². The maximum atomic E-state index is 12.0. The Hall–Kier alpha value is -2.40. The molecule has 0 fully saturated rings. The van der Waals surface area contributed by atoms with Gasteiger partial charge in [0.2, 0.25) is 0 Å². The summed E-state index contributed by atoms with van der Waals surface area (Å²) in [6.07, 6.45) is 0. The third-order valence-corrected chi connectivity index (χ3v) is 3.41. The highest BCUT2D eigenvalue weighted by Crippen LogP contribution is 2.24. The number of nitrogens with one attached hydrogen (secondary N) is 1. The lowest BCUT2D eigenvalue weighted by atomic mass is 10.0. The quantitative estimate of drug-likeness (QED) is 0.776. The van der Waals surface area contributed by atoms with Gasteiger partial charge in [-0.3, -0.25) is 4.79 Å². The number of methoxy groups -OCH3 is 1. The molecule has 0 bridgehead atoms. The van der Waals surface area contributed by atoms with Crippen LogP contribution in [0.4, 0.5) is 11.4 Å². The third-order valence-electron chi connectivity index (χ3n) is 3.41. The Bertz CT molecular complexity index is 690. The second-order valence-electron chi connectivity index (χ2n) is 5.52. The van der Waals surface area contributed by atoms with E-state index in [0.29, 0.717) is 28.8 Å². The average Bonchev–Trinajstić information content (AvgIpc) is 2.53. The normalized spacial score (nSPS) is 10.0. The first-order chi connectivity index (χ1) is 11.0. The number of benzene rings is 2. The summed E-state index contributed by atoms with van der Waals surface area (Å²) in [6.45, 7) is 4.16. The van der Waals surface area contributed by atoms with E-state index in [4.69, 9.17) is 15.2 Å². The Morgan fingerprint density at radius 2 is 1.96 bits per heavy atom. The van der Waals surface area contributed by atoms with Crippen molar-refractivity contribution in [3.8, 4) is 11.5 Å². The van der Waals surface area contributed by atoms with Gasteiger partial charge < -0.3 is 20.5 Å². The molecule has 0 heterocycles. The van der Waals surface area contributed by atoms with Crippen molar-refractivity contribution in [1.82, 2.24) is 0 Å². The van der Waals surface area contributed by atoms with Crippen molar-refractivity contribution in [1.29, 1.82) is 0 Å². The van der Waals surface area contributed by atoms with Crippen LogP contribution in [0.5, 0.6) is 11.5 Å². The van der Waals surface area contributed by atoms with Gasteiger partial charge in [0.15, 0.2) is 6.61 Å². The van der Waals surface area contributed by atoms with Crippen molar-refractivity contribution in [2.45, 2.75) is 19.8 Å². The van der Waals surface area contributed by atoms with Crippen LogP contribution in [-0.4, -0.2) is 19.6 Å². The minimum atomic E-state index is -0.246. The second-order valence-corrected chi connectivity index (χ2v) is 5.52. The molecule has 24 heavy (non-hydrogen) atoms. The van der Waals surface area contributed by atoms with Crippen LogP contribution in [-0.2, 0) is 4.79 Å². The number of amides is 1. The topological polar surface area (TPSA) is 73.6 Å². The predicted molar refractivity (Wildman–Crippen MR) is 99.3 cm³/mol. The van der Waals surface area contributed by atoms with Gasteiger partial charge >= 0.3 is 0 Å². The lowest BCUT2D eigenvalue weighted by Crippen LogP contribution is -2.20. The summed E-state index contributed by atoms with van der Waals surface area (Å²) in [6, 6.07) is 12.8. The molecule has 1 amide bonds. The fraction of sp³-hybridized carbons (Fsp3) is 0.278. The number of hydrogen-bond donors (Lipinski definition) is 2. The smallest absolute Gasteiger partial charge is 0.262 e. The number of rotatable bonds is 6. The van der Waals surface area contributed by atoms with Crippen LogP contribution in [0.3, 0.4) is 0 Å². The van der Waals surface area contributed by atoms with Gasteiger partial charge in [0.05, 0.1) is 12.8 Å². The van der Waals surface area contributed by atoms with Crippen LogP contribution in [0.25, 0.3) is 0 Å². The van der Waals surface area contributed by atoms with Gasteiger partial charge in [-0.2, -0.15) is 0 Å². The van der Waals surface area contributed by atoms with E-state index in [9.17, 15) is 4.79 Å². The van der Waals surface area contributed by atoms with Crippen molar-refractivity contribution >= 4 is 29.7 Å². The van der Waals surface area contributed by atoms with Crippen LogP contribution < -0.4 is 20.5 Å². The summed E-state index contributed by atoms with van der Waals surface area (Å²) in [4.78, 5) is 12.0. The molecule has 0 spiro atoms. The molecule has 3 N–H and O–H groups in total. The number of anilines is 2. The Morgan fingerprint density at radius 1 is 1.21 bits per heavy atom. The first-order valence-corrected chi connectivity index (χ1v) is 7.45. The number of nitrogen functional groups attached to an aromatic ring is 1. The van der Waals surface area contributed by atoms with Gasteiger partial charge in [-0.05, 0) is 41.8 Å². The number of nitrogens with two attached hydrogens (primary N) is 1. The lowest BCUT2D eigenvalue weighted by molar-refractivity contribution is -0.118. The SMILES string of the molecule is COc1ccc(NC(=O)COc2cccc(C(C)C)c2)cc1N.Cl. The summed E-state index contributed by atoms with van der Waals surface area (Å²) in [7, 11) is 1.54. The summed E-state index contributed by atoms with van der Waals surface area (Å²) >= 11 is 0. The molecular formula is C18H23ClN2O3. The van der Waals surface area contributed by atoms with Crippen molar-refractivity contribution in [2.24, 2.45) is 0 Å². The van der Waals surface area contributed by atoms with Crippen LogP contribution in [0.1, 0.15) is 25.3 Å². The maximum Gasteiger partial charge on any atom is 0.262 e. The van der Waals surface area contributed by atoms with E-state index in [1.807, 2.05) is 24.3 Å². The molecule has 2 aromatic carbocycles. The molecule has 2 aromatic rings. The standard InChI is InChI=1S/C18H22N2O3.ClH/c1-12(2)13-5-4-6-15(9-13)23-11-18(21)20-14-7-8-17(22-3)16(19)10-14;/h4-10,12H,11,19H2,1-3H3,(H,20,21);1H. The number of ether oxygens (including phenoxy) is 2. The molecule has 5 nitrogen and oxygen atoms in total. The third kappa shape index (κ3) is 5.35. The Labute approximate surface area is 148 Å². The average molecular weight is 351 g/mol. The summed E-state index contributed by atoms with van der Waals surface area (Å²) < 4.78 is 10.6. The largest absolute Gasteiger partial charge is 0.495 e. The van der Waals surface area contributed by atoms with Gasteiger partial charge in [-0.1, -0.05) is 26.0 Å². The van der Waals surface area contributed by atoms with Crippen LogP contribution in [0, 0.1) is 0 Å². The molecule has 2 rings (SSSR count). The summed E-state index contributed by atoms with van der Waals surface area (Å²) in [5, 5.41) is 2.74. The van der Waals surface area contributed by atoms with E-state index < -0.39 is 0 Å². The zero-order chi connectivity index (χ0) is 16.8. The molecule has 0 saturated carbocycles. The first-order valence-electron chi connectivity index (χ1n) is 7.45. The van der Waals surface area contributed by atoms with E-state index >= 15 is 0 Å². The zero-order valence-electron chi connectivity index (χ0n) is 14.0. The first kappa shape index (κ1) is 19.6. The number of hydrogen-bond acceptors (Lipinski definition) is 4. The van der Waals surface area contributed by atoms with Gasteiger partial charge in [0.1, 0.15) is 11.5 Å². The van der Waals surface area contributed by atoms with E-state index in [1.165, 1.54) is 5.56 Å². The van der Waals surface area contributed by atoms with Gasteiger partial charge in [0.25, 0.3) is 5.91 Å². The monoisotopic (exact) mass is 350 g/mol. The van der Waals surface area contributed by atoms with Crippen LogP contribution in [0.15, 0.2) is 42.5 Å². The lowest BCUT2D eigenvalue weighted by Gasteiger charge is -2.11. The molecule has 0 aliphatic rings. The Kier molecular flexibility index (Phi) is 7.39. The number of carbonyl (C=O) groups is 1. The van der Waals surface area contributed by atoms with Crippen molar-refractivity contribution in [2.75, 3.05) is 24.8 Å². The summed E-state index contributed by atoms with van der Waals surface area (Å²) in [5.74, 6) is 1.42. The highest BCUT2D eigenvalue weighted by Gasteiger charge is 2.07. The van der Waals surface area contributed by atoms with E-state index in [0.717, 1.165) is 0 Å². The number of halogens is 1. The molecule has 0 aliphatic carbocycles. The molecule has 0 aliphatic heterocycles. The Balaban J connectivity index is 0.00000288. The summed E-state index contributed by atoms with van der Waals surface area (Å²) in [5.41, 5.74) is 8.05. The Morgan fingerprint density at radius 3 is 2.58 bits per heavy atom. The minimum Gasteiger partial charge on any atom is -0.495 e. The fourth-order valence-electron chi connectivity index (χ4n) is 2.12. The van der Waals surface area contributed by atoms with Crippen LogP contribution in [0.2, 0.25) is 0 Å². The molecule has 6 heteroatoms. The highest BCUT2D eigenvalue weighted by molar-refractivity contribution is 5.92. The highest BCUT2D eigenvalue weighted by atomic mass is 35.5. The van der Waals surface area contributed by atoms with Crippen molar-refractivity contribution in [3.05, 3.63) is 48.0 Å². The molecule has 0 saturated heterocycles. The second kappa shape index (κ2) is 9.03. The van der Waals surface area contributed by atoms with Gasteiger partial charge in [-0.25, -0.2) is 0 Å². The molecular weight excluding hydrogens is 328 g/mol. The van der Waals surface area contributed by atoms with E-state index in [-0.39, 0.29) is 24.9 Å².